The van der Waals surface area contributed by atoms with E-state index in [9.17, 15) is 18.4 Å². The van der Waals surface area contributed by atoms with Crippen molar-refractivity contribution in [3.8, 4) is 0 Å². The molecule has 0 aromatic heterocycles. The number of hydrogen-bond donors (Lipinski definition) is 2. The second kappa shape index (κ2) is 7.51. The van der Waals surface area contributed by atoms with E-state index in [0.717, 1.165) is 18.2 Å². The topological polar surface area (TPSA) is 58.2 Å². The van der Waals surface area contributed by atoms with E-state index in [1.807, 2.05) is 0 Å². The van der Waals surface area contributed by atoms with E-state index in [0.29, 0.717) is 5.56 Å². The first kappa shape index (κ1) is 16.6. The quantitative estimate of drug-likeness (QED) is 0.668. The van der Waals surface area contributed by atoms with Crippen molar-refractivity contribution in [1.82, 2.24) is 10.9 Å². The Kier molecular flexibility index (Phi) is 5.43. The molecule has 0 saturated carbocycles. The number of hydrogen-bond acceptors (Lipinski definition) is 2. The molecule has 23 heavy (non-hydrogen) atoms. The molecule has 0 spiro atoms. The first-order chi connectivity index (χ1) is 11.0. The summed E-state index contributed by atoms with van der Waals surface area (Å²) in [6.07, 6.45) is 2.55. The van der Waals surface area contributed by atoms with E-state index >= 15 is 0 Å². The molecule has 0 aliphatic rings. The van der Waals surface area contributed by atoms with Gasteiger partial charge in [-0.05, 0) is 48.0 Å². The van der Waals surface area contributed by atoms with Gasteiger partial charge in [-0.3, -0.25) is 20.4 Å². The second-order valence-electron chi connectivity index (χ2n) is 4.46. The number of carbonyl (C=O) groups is 2. The summed E-state index contributed by atoms with van der Waals surface area (Å²) in [5, 5.41) is -0.0582. The molecule has 0 radical (unpaired) electrons. The van der Waals surface area contributed by atoms with Crippen molar-refractivity contribution < 1.29 is 18.4 Å². The fourth-order valence-corrected chi connectivity index (χ4v) is 1.81. The predicted molar refractivity (Wildman–Crippen MR) is 82.5 cm³/mol. The normalized spacial score (nSPS) is 10.6. The molecular formula is C16H11ClF2N2O2. The van der Waals surface area contributed by atoms with Crippen LogP contribution in [-0.4, -0.2) is 11.8 Å². The monoisotopic (exact) mass is 336 g/mol. The second-order valence-corrected chi connectivity index (χ2v) is 4.86. The zero-order valence-electron chi connectivity index (χ0n) is 11.6. The third-order valence-electron chi connectivity index (χ3n) is 2.78. The van der Waals surface area contributed by atoms with Gasteiger partial charge in [0.15, 0.2) is 0 Å². The molecule has 0 aliphatic heterocycles. The fourth-order valence-electron chi connectivity index (χ4n) is 1.62. The highest BCUT2D eigenvalue weighted by molar-refractivity contribution is 6.30. The van der Waals surface area contributed by atoms with Crippen LogP contribution in [0.2, 0.25) is 5.02 Å². The molecule has 0 atom stereocenters. The van der Waals surface area contributed by atoms with E-state index in [-0.39, 0.29) is 10.6 Å². The third kappa shape index (κ3) is 4.89. The minimum absolute atomic E-state index is 0.0582. The molecule has 118 valence electrons. The lowest BCUT2D eigenvalue weighted by Gasteiger charge is -2.05. The Morgan fingerprint density at radius 2 is 1.70 bits per heavy atom. The van der Waals surface area contributed by atoms with E-state index in [4.69, 9.17) is 11.6 Å². The molecule has 0 fully saturated rings. The number of benzene rings is 2. The molecule has 2 rings (SSSR count). The minimum atomic E-state index is -0.596. The van der Waals surface area contributed by atoms with E-state index in [1.165, 1.54) is 36.4 Å². The molecule has 2 aromatic carbocycles. The van der Waals surface area contributed by atoms with Gasteiger partial charge in [-0.25, -0.2) is 8.78 Å². The van der Waals surface area contributed by atoms with Gasteiger partial charge < -0.3 is 0 Å². The highest BCUT2D eigenvalue weighted by Gasteiger charge is 2.06. The molecule has 2 amide bonds. The average Bonchev–Trinajstić information content (AvgIpc) is 2.54. The first-order valence-electron chi connectivity index (χ1n) is 6.45. The standard InChI is InChI=1S/C16H11ClF2N2O2/c17-13-9-10(1-7-14(13)19)2-8-15(22)20-21-16(23)11-3-5-12(18)6-4-11/h1-9H,(H,20,22)(H,21,23)/b8-2+. The highest BCUT2D eigenvalue weighted by Crippen LogP contribution is 2.16. The average molecular weight is 337 g/mol. The van der Waals surface area contributed by atoms with Gasteiger partial charge in [0.25, 0.3) is 11.8 Å². The van der Waals surface area contributed by atoms with Crippen molar-refractivity contribution >= 4 is 29.5 Å². The van der Waals surface area contributed by atoms with Crippen LogP contribution in [0.5, 0.6) is 0 Å². The number of amides is 2. The third-order valence-corrected chi connectivity index (χ3v) is 3.07. The summed E-state index contributed by atoms with van der Waals surface area (Å²) in [5.41, 5.74) is 5.06. The van der Waals surface area contributed by atoms with Crippen molar-refractivity contribution in [2.45, 2.75) is 0 Å². The van der Waals surface area contributed by atoms with Crippen LogP contribution >= 0.6 is 11.6 Å². The fraction of sp³-hybridized carbons (Fsp3) is 0. The summed E-state index contributed by atoms with van der Waals surface area (Å²) in [7, 11) is 0. The van der Waals surface area contributed by atoms with Crippen molar-refractivity contribution in [3.63, 3.8) is 0 Å². The zero-order valence-corrected chi connectivity index (χ0v) is 12.4. The lowest BCUT2D eigenvalue weighted by Crippen LogP contribution is -2.40. The minimum Gasteiger partial charge on any atom is -0.268 e. The van der Waals surface area contributed by atoms with Gasteiger partial charge in [-0.2, -0.15) is 0 Å². The summed E-state index contributed by atoms with van der Waals surface area (Å²) >= 11 is 5.62. The highest BCUT2D eigenvalue weighted by atomic mass is 35.5. The summed E-state index contributed by atoms with van der Waals surface area (Å²) < 4.78 is 25.7. The first-order valence-corrected chi connectivity index (χ1v) is 6.82. The Morgan fingerprint density at radius 1 is 1.00 bits per heavy atom. The number of rotatable bonds is 3. The van der Waals surface area contributed by atoms with Gasteiger partial charge in [0, 0.05) is 11.6 Å². The van der Waals surface area contributed by atoms with Crippen molar-refractivity contribution in [2.24, 2.45) is 0 Å². The van der Waals surface area contributed by atoms with Gasteiger partial charge in [-0.15, -0.1) is 0 Å². The largest absolute Gasteiger partial charge is 0.269 e. The van der Waals surface area contributed by atoms with Crippen molar-refractivity contribution in [3.05, 3.63) is 76.3 Å². The van der Waals surface area contributed by atoms with E-state index in [2.05, 4.69) is 10.9 Å². The Balaban J connectivity index is 1.89. The summed E-state index contributed by atoms with van der Waals surface area (Å²) in [6.45, 7) is 0. The molecule has 0 aliphatic carbocycles. The number of hydrazine groups is 1. The Labute approximate surface area is 135 Å². The summed E-state index contributed by atoms with van der Waals surface area (Å²) in [5.74, 6) is -2.20. The van der Waals surface area contributed by atoms with Gasteiger partial charge in [0.05, 0.1) is 5.02 Å². The van der Waals surface area contributed by atoms with Crippen LogP contribution in [0.15, 0.2) is 48.5 Å². The van der Waals surface area contributed by atoms with Gasteiger partial charge >= 0.3 is 0 Å². The summed E-state index contributed by atoms with van der Waals surface area (Å²) in [4.78, 5) is 23.3. The van der Waals surface area contributed by atoms with Gasteiger partial charge in [0.1, 0.15) is 11.6 Å². The number of nitrogens with one attached hydrogen (secondary N) is 2. The van der Waals surface area contributed by atoms with Crippen LogP contribution in [0.1, 0.15) is 15.9 Å². The Bertz CT molecular complexity index is 761. The molecule has 0 heterocycles. The van der Waals surface area contributed by atoms with Gasteiger partial charge in [-0.1, -0.05) is 17.7 Å². The molecule has 0 saturated heterocycles. The van der Waals surface area contributed by atoms with Crippen molar-refractivity contribution in [2.75, 3.05) is 0 Å². The Morgan fingerprint density at radius 3 is 2.35 bits per heavy atom. The van der Waals surface area contributed by atoms with Crippen molar-refractivity contribution in [1.29, 1.82) is 0 Å². The van der Waals surface area contributed by atoms with E-state index in [1.54, 1.807) is 0 Å². The van der Waals surface area contributed by atoms with Crippen LogP contribution in [0.4, 0.5) is 8.78 Å². The molecular weight excluding hydrogens is 326 g/mol. The smallest absolute Gasteiger partial charge is 0.268 e. The maximum atomic E-state index is 13.0. The molecule has 0 unspecified atom stereocenters. The molecule has 2 aromatic rings. The van der Waals surface area contributed by atoms with Crippen LogP contribution < -0.4 is 10.9 Å². The van der Waals surface area contributed by atoms with E-state index < -0.39 is 23.4 Å². The zero-order chi connectivity index (χ0) is 16.8. The molecule has 7 heteroatoms. The van der Waals surface area contributed by atoms with Gasteiger partial charge in [0.2, 0.25) is 0 Å². The number of carbonyl (C=O) groups excluding carboxylic acids is 2. The molecule has 4 nitrogen and oxygen atoms in total. The van der Waals surface area contributed by atoms with Crippen LogP contribution in [0, 0.1) is 11.6 Å². The lowest BCUT2D eigenvalue weighted by molar-refractivity contribution is -0.117. The lowest BCUT2D eigenvalue weighted by atomic mass is 10.2. The Hall–Kier alpha value is -2.73. The van der Waals surface area contributed by atoms with Crippen LogP contribution in [0.25, 0.3) is 6.08 Å². The maximum Gasteiger partial charge on any atom is 0.269 e. The van der Waals surface area contributed by atoms with Crippen LogP contribution in [0.3, 0.4) is 0 Å². The molecule has 2 N–H and O–H groups in total. The predicted octanol–water partition coefficient (Wildman–Crippen LogP) is 3.09. The van der Waals surface area contributed by atoms with Crippen LogP contribution in [-0.2, 0) is 4.79 Å². The summed E-state index contributed by atoms with van der Waals surface area (Å²) in [6, 6.07) is 8.82. The number of halogens is 3. The molecule has 0 bridgehead atoms. The SMILES string of the molecule is O=C(/C=C/c1ccc(F)c(Cl)c1)NNC(=O)c1ccc(F)cc1. The maximum absolute atomic E-state index is 13.0.